The third-order valence-corrected chi connectivity index (χ3v) is 3.07. The molecule has 1 N–H and O–H groups in total. The molecule has 0 unspecified atom stereocenters. The van der Waals surface area contributed by atoms with E-state index in [2.05, 4.69) is 10.4 Å². The van der Waals surface area contributed by atoms with E-state index in [0.29, 0.717) is 21.8 Å². The zero-order valence-corrected chi connectivity index (χ0v) is 11.2. The summed E-state index contributed by atoms with van der Waals surface area (Å²) in [6.45, 7) is 1.80. The summed E-state index contributed by atoms with van der Waals surface area (Å²) < 4.78 is 1.61. The lowest BCUT2D eigenvalue weighted by molar-refractivity contribution is 0.102. The van der Waals surface area contributed by atoms with Crippen LogP contribution in [0, 0.1) is 18.3 Å². The van der Waals surface area contributed by atoms with Gasteiger partial charge in [-0.25, -0.2) is 0 Å². The van der Waals surface area contributed by atoms with Crippen molar-refractivity contribution in [1.82, 2.24) is 9.78 Å². The second-order valence-corrected chi connectivity index (χ2v) is 4.46. The predicted molar refractivity (Wildman–Crippen MR) is 72.1 cm³/mol. The van der Waals surface area contributed by atoms with E-state index in [1.807, 2.05) is 6.07 Å². The van der Waals surface area contributed by atoms with Crippen LogP contribution in [0.4, 0.5) is 5.69 Å². The first kappa shape index (κ1) is 13.1. The van der Waals surface area contributed by atoms with Crippen molar-refractivity contribution in [2.24, 2.45) is 7.05 Å². The van der Waals surface area contributed by atoms with Crippen molar-refractivity contribution in [2.75, 3.05) is 5.32 Å². The van der Waals surface area contributed by atoms with Gasteiger partial charge in [-0.2, -0.15) is 10.4 Å². The SMILES string of the molecule is Cc1c(C(=O)Nc2cc(Cl)ccc2C#N)cnn1C. The van der Waals surface area contributed by atoms with Crippen molar-refractivity contribution in [3.8, 4) is 6.07 Å². The lowest BCUT2D eigenvalue weighted by Gasteiger charge is -2.07. The number of hydrogen-bond donors (Lipinski definition) is 1. The number of benzene rings is 1. The zero-order valence-electron chi connectivity index (χ0n) is 10.4. The third-order valence-electron chi connectivity index (χ3n) is 2.83. The quantitative estimate of drug-likeness (QED) is 0.915. The normalized spacial score (nSPS) is 10.0. The molecule has 0 bridgehead atoms. The van der Waals surface area contributed by atoms with Gasteiger partial charge < -0.3 is 5.32 Å². The molecule has 2 rings (SSSR count). The number of carbonyl (C=O) groups is 1. The Morgan fingerprint density at radius 2 is 2.26 bits per heavy atom. The number of nitrogens with one attached hydrogen (secondary N) is 1. The Hall–Kier alpha value is -2.32. The van der Waals surface area contributed by atoms with Crippen molar-refractivity contribution in [1.29, 1.82) is 5.26 Å². The highest BCUT2D eigenvalue weighted by Crippen LogP contribution is 2.21. The lowest BCUT2D eigenvalue weighted by Crippen LogP contribution is -2.13. The maximum absolute atomic E-state index is 12.1. The Bertz CT molecular complexity index is 684. The molecule has 96 valence electrons. The minimum Gasteiger partial charge on any atom is -0.321 e. The summed E-state index contributed by atoms with van der Waals surface area (Å²) >= 11 is 5.86. The molecule has 0 aliphatic carbocycles. The second-order valence-electron chi connectivity index (χ2n) is 4.02. The fourth-order valence-electron chi connectivity index (χ4n) is 1.63. The van der Waals surface area contributed by atoms with Gasteiger partial charge in [-0.1, -0.05) is 11.6 Å². The highest BCUT2D eigenvalue weighted by molar-refractivity contribution is 6.31. The van der Waals surface area contributed by atoms with Gasteiger partial charge in [0.25, 0.3) is 5.91 Å². The topological polar surface area (TPSA) is 70.7 Å². The minimum absolute atomic E-state index is 0.315. The molecular formula is C13H11ClN4O. The Kier molecular flexibility index (Phi) is 3.54. The number of aryl methyl sites for hydroxylation is 1. The first-order chi connectivity index (χ1) is 9.02. The van der Waals surface area contributed by atoms with Crippen molar-refractivity contribution >= 4 is 23.2 Å². The maximum atomic E-state index is 12.1. The van der Waals surface area contributed by atoms with Crippen LogP contribution in [0.2, 0.25) is 5.02 Å². The molecule has 0 aliphatic heterocycles. The maximum Gasteiger partial charge on any atom is 0.259 e. The highest BCUT2D eigenvalue weighted by atomic mass is 35.5. The highest BCUT2D eigenvalue weighted by Gasteiger charge is 2.14. The molecule has 0 atom stereocenters. The van der Waals surface area contributed by atoms with Gasteiger partial charge in [0, 0.05) is 17.8 Å². The summed E-state index contributed by atoms with van der Waals surface area (Å²) in [5.41, 5.74) is 1.96. The first-order valence-electron chi connectivity index (χ1n) is 5.52. The summed E-state index contributed by atoms with van der Waals surface area (Å²) in [5, 5.41) is 16.1. The zero-order chi connectivity index (χ0) is 14.0. The lowest BCUT2D eigenvalue weighted by atomic mass is 10.1. The van der Waals surface area contributed by atoms with Crippen LogP contribution in [0.3, 0.4) is 0 Å². The molecule has 1 aromatic heterocycles. The summed E-state index contributed by atoms with van der Waals surface area (Å²) in [6, 6.07) is 6.72. The van der Waals surface area contributed by atoms with Gasteiger partial charge >= 0.3 is 0 Å². The van der Waals surface area contributed by atoms with Gasteiger partial charge in [-0.15, -0.1) is 0 Å². The molecular weight excluding hydrogens is 264 g/mol. The molecule has 1 amide bonds. The number of carbonyl (C=O) groups excluding carboxylic acids is 1. The number of amides is 1. The Morgan fingerprint density at radius 1 is 1.53 bits per heavy atom. The van der Waals surface area contributed by atoms with Crippen LogP contribution in [0.25, 0.3) is 0 Å². The van der Waals surface area contributed by atoms with E-state index >= 15 is 0 Å². The van der Waals surface area contributed by atoms with Gasteiger partial charge in [-0.3, -0.25) is 9.48 Å². The number of nitrogens with zero attached hydrogens (tertiary/aromatic N) is 3. The largest absolute Gasteiger partial charge is 0.321 e. The van der Waals surface area contributed by atoms with E-state index in [9.17, 15) is 4.79 Å². The smallest absolute Gasteiger partial charge is 0.259 e. The molecule has 0 spiro atoms. The van der Waals surface area contributed by atoms with Crippen molar-refractivity contribution in [3.05, 3.63) is 46.2 Å². The standard InChI is InChI=1S/C13H11ClN4O/c1-8-11(7-16-18(8)2)13(19)17-12-5-10(14)4-3-9(12)6-15/h3-5,7H,1-2H3,(H,17,19). The Balaban J connectivity index is 2.32. The number of aromatic nitrogens is 2. The molecule has 0 fully saturated rings. The van der Waals surface area contributed by atoms with Gasteiger partial charge in [0.2, 0.25) is 0 Å². The van der Waals surface area contributed by atoms with Gasteiger partial charge in [-0.05, 0) is 25.1 Å². The van der Waals surface area contributed by atoms with Crippen LogP contribution in [-0.2, 0) is 7.05 Å². The van der Waals surface area contributed by atoms with E-state index < -0.39 is 0 Å². The fourth-order valence-corrected chi connectivity index (χ4v) is 1.80. The predicted octanol–water partition coefficient (Wildman–Crippen LogP) is 2.51. The average molecular weight is 275 g/mol. The first-order valence-corrected chi connectivity index (χ1v) is 5.90. The molecule has 19 heavy (non-hydrogen) atoms. The molecule has 5 nitrogen and oxygen atoms in total. The number of hydrogen-bond acceptors (Lipinski definition) is 3. The van der Waals surface area contributed by atoms with Crippen molar-refractivity contribution in [2.45, 2.75) is 6.92 Å². The molecule has 2 aromatic rings. The molecule has 6 heteroatoms. The molecule has 0 saturated heterocycles. The van der Waals surface area contributed by atoms with Crippen molar-refractivity contribution < 1.29 is 4.79 Å². The van der Waals surface area contributed by atoms with Gasteiger partial charge in [0.15, 0.2) is 0 Å². The monoisotopic (exact) mass is 274 g/mol. The molecule has 1 heterocycles. The van der Waals surface area contributed by atoms with Crippen LogP contribution >= 0.6 is 11.6 Å². The van der Waals surface area contributed by atoms with Crippen LogP contribution in [-0.4, -0.2) is 15.7 Å². The molecule has 0 saturated carbocycles. The van der Waals surface area contributed by atoms with Gasteiger partial charge in [0.1, 0.15) is 6.07 Å². The van der Waals surface area contributed by atoms with E-state index in [-0.39, 0.29) is 5.91 Å². The molecule has 0 aliphatic rings. The van der Waals surface area contributed by atoms with Gasteiger partial charge in [0.05, 0.1) is 23.0 Å². The van der Waals surface area contributed by atoms with Crippen LogP contribution in [0.15, 0.2) is 24.4 Å². The third kappa shape index (κ3) is 2.59. The Morgan fingerprint density at radius 3 is 2.84 bits per heavy atom. The van der Waals surface area contributed by atoms with E-state index in [1.165, 1.54) is 6.20 Å². The minimum atomic E-state index is -0.315. The van der Waals surface area contributed by atoms with Crippen LogP contribution in [0.5, 0.6) is 0 Å². The summed E-state index contributed by atoms with van der Waals surface area (Å²) in [7, 11) is 1.76. The van der Waals surface area contributed by atoms with Crippen molar-refractivity contribution in [3.63, 3.8) is 0 Å². The van der Waals surface area contributed by atoms with E-state index in [0.717, 1.165) is 5.69 Å². The number of nitriles is 1. The number of halogens is 1. The number of rotatable bonds is 2. The fraction of sp³-hybridized carbons (Fsp3) is 0.154. The summed E-state index contributed by atoms with van der Waals surface area (Å²) in [5.74, 6) is -0.315. The van der Waals surface area contributed by atoms with Crippen LogP contribution in [0.1, 0.15) is 21.6 Å². The number of anilines is 1. The molecule has 0 radical (unpaired) electrons. The van der Waals surface area contributed by atoms with E-state index in [4.69, 9.17) is 16.9 Å². The second kappa shape index (κ2) is 5.12. The Labute approximate surface area is 115 Å². The van der Waals surface area contributed by atoms with E-state index in [1.54, 1.807) is 36.9 Å². The summed E-state index contributed by atoms with van der Waals surface area (Å²) in [4.78, 5) is 12.1. The average Bonchev–Trinajstić information content (AvgIpc) is 2.70. The van der Waals surface area contributed by atoms with Crippen LogP contribution < -0.4 is 5.32 Å². The molecule has 1 aromatic carbocycles. The summed E-state index contributed by atoms with van der Waals surface area (Å²) in [6.07, 6.45) is 1.49.